The van der Waals surface area contributed by atoms with Crippen LogP contribution in [0.2, 0.25) is 5.02 Å². The van der Waals surface area contributed by atoms with Crippen LogP contribution in [-0.2, 0) is 4.74 Å². The number of hydrogen-bond donors (Lipinski definition) is 1. The Bertz CT molecular complexity index is 458. The molecule has 0 amide bonds. The minimum atomic E-state index is -0.174. The molecule has 1 aromatic carbocycles. The Kier molecular flexibility index (Phi) is 5.91. The van der Waals surface area contributed by atoms with Crippen LogP contribution in [0.25, 0.3) is 0 Å². The molecule has 1 aromatic rings. The molecule has 3 nitrogen and oxygen atoms in total. The minimum Gasteiger partial charge on any atom is -0.495 e. The maximum absolute atomic E-state index is 6.15. The van der Waals surface area contributed by atoms with Gasteiger partial charge in [-0.2, -0.15) is 0 Å². The molecule has 0 spiro atoms. The van der Waals surface area contributed by atoms with Crippen LogP contribution in [0, 0.1) is 0 Å². The molecule has 2 rings (SSSR count). The van der Waals surface area contributed by atoms with Gasteiger partial charge in [0, 0.05) is 6.61 Å². The van der Waals surface area contributed by atoms with Gasteiger partial charge in [0.05, 0.1) is 23.8 Å². The summed E-state index contributed by atoms with van der Waals surface area (Å²) in [5.41, 5.74) is 1.00. The first-order chi connectivity index (χ1) is 10.1. The number of nitrogens with one attached hydrogen (secondary N) is 1. The Balaban J connectivity index is 2.30. The lowest BCUT2D eigenvalue weighted by Gasteiger charge is -2.41. The molecule has 0 aliphatic carbocycles. The summed E-state index contributed by atoms with van der Waals surface area (Å²) >= 11 is 6.15. The van der Waals surface area contributed by atoms with Crippen molar-refractivity contribution in [2.24, 2.45) is 0 Å². The van der Waals surface area contributed by atoms with Gasteiger partial charge in [-0.3, -0.25) is 0 Å². The molecule has 1 heterocycles. The third-order valence-corrected chi connectivity index (χ3v) is 4.53. The summed E-state index contributed by atoms with van der Waals surface area (Å²) in [7, 11) is 1.65. The standard InChI is InChI=1S/C17H26ClNO2/c1-4-10-19-16(17(2)9-5-6-11-21-17)13-7-8-14(18)15(12-13)20-3/h7-8,12,16,19H,4-6,9-11H2,1-3H3. The second kappa shape index (κ2) is 7.48. The zero-order chi connectivity index (χ0) is 15.3. The third kappa shape index (κ3) is 3.91. The first-order valence-electron chi connectivity index (χ1n) is 7.81. The van der Waals surface area contributed by atoms with E-state index in [1.165, 1.54) is 12.0 Å². The first kappa shape index (κ1) is 16.6. The van der Waals surface area contributed by atoms with Gasteiger partial charge in [0.15, 0.2) is 0 Å². The maximum atomic E-state index is 6.15. The summed E-state index contributed by atoms with van der Waals surface area (Å²) in [4.78, 5) is 0. The molecule has 118 valence electrons. The number of hydrogen-bond acceptors (Lipinski definition) is 3. The van der Waals surface area contributed by atoms with E-state index in [0.29, 0.717) is 5.02 Å². The van der Waals surface area contributed by atoms with Crippen LogP contribution in [-0.4, -0.2) is 25.9 Å². The molecule has 1 aliphatic rings. The fourth-order valence-corrected chi connectivity index (χ4v) is 3.21. The van der Waals surface area contributed by atoms with Gasteiger partial charge in [0.25, 0.3) is 0 Å². The highest BCUT2D eigenvalue weighted by molar-refractivity contribution is 6.32. The van der Waals surface area contributed by atoms with Crippen molar-refractivity contribution in [3.05, 3.63) is 28.8 Å². The van der Waals surface area contributed by atoms with E-state index in [4.69, 9.17) is 21.1 Å². The van der Waals surface area contributed by atoms with Crippen molar-refractivity contribution in [1.29, 1.82) is 0 Å². The molecule has 0 aromatic heterocycles. The van der Waals surface area contributed by atoms with Crippen molar-refractivity contribution in [3.63, 3.8) is 0 Å². The number of halogens is 1. The second-order valence-corrected chi connectivity index (χ2v) is 6.31. The molecule has 1 fully saturated rings. The van der Waals surface area contributed by atoms with Gasteiger partial charge in [-0.05, 0) is 56.8 Å². The highest BCUT2D eigenvalue weighted by Crippen LogP contribution is 2.38. The smallest absolute Gasteiger partial charge is 0.137 e. The van der Waals surface area contributed by atoms with E-state index in [1.54, 1.807) is 7.11 Å². The fraction of sp³-hybridized carbons (Fsp3) is 0.647. The lowest BCUT2D eigenvalue weighted by molar-refractivity contribution is -0.0897. The zero-order valence-electron chi connectivity index (χ0n) is 13.2. The maximum Gasteiger partial charge on any atom is 0.137 e. The molecule has 2 unspecified atom stereocenters. The normalized spacial score (nSPS) is 23.8. The lowest BCUT2D eigenvalue weighted by Crippen LogP contribution is -2.46. The van der Waals surface area contributed by atoms with Crippen LogP contribution < -0.4 is 10.1 Å². The van der Waals surface area contributed by atoms with Crippen molar-refractivity contribution in [2.45, 2.75) is 51.2 Å². The highest BCUT2D eigenvalue weighted by atomic mass is 35.5. The molecule has 4 heteroatoms. The van der Waals surface area contributed by atoms with Crippen LogP contribution >= 0.6 is 11.6 Å². The topological polar surface area (TPSA) is 30.5 Å². The van der Waals surface area contributed by atoms with Crippen LogP contribution in [0.1, 0.15) is 51.1 Å². The molecule has 1 aliphatic heterocycles. The third-order valence-electron chi connectivity index (χ3n) is 4.22. The van der Waals surface area contributed by atoms with Gasteiger partial charge in [0.2, 0.25) is 0 Å². The molecule has 0 bridgehead atoms. The second-order valence-electron chi connectivity index (χ2n) is 5.90. The number of methoxy groups -OCH3 is 1. The van der Waals surface area contributed by atoms with Crippen LogP contribution in [0.15, 0.2) is 18.2 Å². The molecular formula is C17H26ClNO2. The van der Waals surface area contributed by atoms with E-state index in [9.17, 15) is 0 Å². The Morgan fingerprint density at radius 2 is 2.24 bits per heavy atom. The van der Waals surface area contributed by atoms with Crippen molar-refractivity contribution in [1.82, 2.24) is 5.32 Å². The van der Waals surface area contributed by atoms with E-state index in [1.807, 2.05) is 12.1 Å². The number of rotatable bonds is 6. The SMILES string of the molecule is CCCNC(c1ccc(Cl)c(OC)c1)C1(C)CCCCO1. The summed E-state index contributed by atoms with van der Waals surface area (Å²) in [6, 6.07) is 6.16. The summed E-state index contributed by atoms with van der Waals surface area (Å²) in [5, 5.41) is 4.29. The average Bonchev–Trinajstić information content (AvgIpc) is 2.49. The number of ether oxygens (including phenoxy) is 2. The Morgan fingerprint density at radius 1 is 1.43 bits per heavy atom. The number of benzene rings is 1. The lowest BCUT2D eigenvalue weighted by atomic mass is 9.84. The van der Waals surface area contributed by atoms with Crippen molar-refractivity contribution in [3.8, 4) is 5.75 Å². The largest absolute Gasteiger partial charge is 0.495 e. The zero-order valence-corrected chi connectivity index (χ0v) is 14.0. The van der Waals surface area contributed by atoms with Crippen LogP contribution in [0.5, 0.6) is 5.75 Å². The average molecular weight is 312 g/mol. The van der Waals surface area contributed by atoms with Crippen molar-refractivity contribution >= 4 is 11.6 Å². The van der Waals surface area contributed by atoms with Gasteiger partial charge in [-0.25, -0.2) is 0 Å². The quantitative estimate of drug-likeness (QED) is 0.847. The first-order valence-corrected chi connectivity index (χ1v) is 8.19. The summed E-state index contributed by atoms with van der Waals surface area (Å²) in [6.07, 6.45) is 4.53. The van der Waals surface area contributed by atoms with Gasteiger partial charge >= 0.3 is 0 Å². The van der Waals surface area contributed by atoms with Gasteiger partial charge < -0.3 is 14.8 Å². The molecule has 0 saturated carbocycles. The van der Waals surface area contributed by atoms with Gasteiger partial charge in [-0.1, -0.05) is 24.6 Å². The monoisotopic (exact) mass is 311 g/mol. The summed E-state index contributed by atoms with van der Waals surface area (Å²) in [5.74, 6) is 0.719. The Morgan fingerprint density at radius 3 is 2.86 bits per heavy atom. The molecule has 0 radical (unpaired) electrons. The Hall–Kier alpha value is -0.770. The van der Waals surface area contributed by atoms with E-state index < -0.39 is 0 Å². The van der Waals surface area contributed by atoms with E-state index in [-0.39, 0.29) is 11.6 Å². The molecular weight excluding hydrogens is 286 g/mol. The molecule has 1 saturated heterocycles. The van der Waals surface area contributed by atoms with E-state index >= 15 is 0 Å². The molecule has 1 N–H and O–H groups in total. The molecule has 21 heavy (non-hydrogen) atoms. The van der Waals surface area contributed by atoms with E-state index in [0.717, 1.165) is 38.2 Å². The van der Waals surface area contributed by atoms with E-state index in [2.05, 4.69) is 25.2 Å². The van der Waals surface area contributed by atoms with Crippen molar-refractivity contribution in [2.75, 3.05) is 20.3 Å². The fourth-order valence-electron chi connectivity index (χ4n) is 3.01. The predicted molar refractivity (Wildman–Crippen MR) is 87.2 cm³/mol. The van der Waals surface area contributed by atoms with Crippen LogP contribution in [0.3, 0.4) is 0 Å². The van der Waals surface area contributed by atoms with Gasteiger partial charge in [0.1, 0.15) is 5.75 Å². The predicted octanol–water partition coefficient (Wildman–Crippen LogP) is 4.35. The highest BCUT2D eigenvalue weighted by Gasteiger charge is 2.37. The summed E-state index contributed by atoms with van der Waals surface area (Å²) in [6.45, 7) is 6.19. The van der Waals surface area contributed by atoms with Gasteiger partial charge in [-0.15, -0.1) is 0 Å². The minimum absolute atomic E-state index is 0.156. The summed E-state index contributed by atoms with van der Waals surface area (Å²) < 4.78 is 11.5. The molecule has 2 atom stereocenters. The van der Waals surface area contributed by atoms with Crippen molar-refractivity contribution < 1.29 is 9.47 Å². The Labute approximate surface area is 133 Å². The van der Waals surface area contributed by atoms with Crippen LogP contribution in [0.4, 0.5) is 0 Å².